The fourth-order valence-corrected chi connectivity index (χ4v) is 4.04. The summed E-state index contributed by atoms with van der Waals surface area (Å²) in [7, 11) is 1.48. The van der Waals surface area contributed by atoms with Crippen LogP contribution >= 0.6 is 11.6 Å². The fourth-order valence-electron chi connectivity index (χ4n) is 3.82. The first kappa shape index (κ1) is 20.0. The summed E-state index contributed by atoms with van der Waals surface area (Å²) in [4.78, 5) is 27.7. The van der Waals surface area contributed by atoms with Crippen molar-refractivity contribution in [3.8, 4) is 5.75 Å². The molecule has 0 radical (unpaired) electrons. The molecule has 1 aliphatic rings. The second kappa shape index (κ2) is 7.88. The van der Waals surface area contributed by atoms with Crippen LogP contribution in [0.25, 0.3) is 11.0 Å². The predicted molar refractivity (Wildman–Crippen MR) is 113 cm³/mol. The van der Waals surface area contributed by atoms with E-state index in [0.717, 1.165) is 5.56 Å². The van der Waals surface area contributed by atoms with Gasteiger partial charge in [0.25, 0.3) is 5.91 Å². The minimum Gasteiger partial charge on any atom is -0.503 e. The molecule has 1 unspecified atom stereocenters. The van der Waals surface area contributed by atoms with Crippen LogP contribution in [-0.2, 0) is 4.79 Å². The third-order valence-corrected chi connectivity index (χ3v) is 5.34. The van der Waals surface area contributed by atoms with Crippen molar-refractivity contribution < 1.29 is 23.8 Å². The van der Waals surface area contributed by atoms with Crippen LogP contribution in [0, 0.1) is 0 Å². The third kappa shape index (κ3) is 3.23. The molecule has 1 aliphatic heterocycles. The van der Waals surface area contributed by atoms with Gasteiger partial charge in [-0.2, -0.15) is 0 Å². The second-order valence-electron chi connectivity index (χ2n) is 7.04. The predicted octanol–water partition coefficient (Wildman–Crippen LogP) is 5.08. The number of Topliss-reactive ketones (excluding diaryl/α,β-unsaturated/α-hetero) is 1. The third-order valence-electron chi connectivity index (χ3n) is 5.12. The number of hydrogen-bond acceptors (Lipinski definition) is 5. The van der Waals surface area contributed by atoms with Crippen molar-refractivity contribution in [2.45, 2.75) is 19.4 Å². The summed E-state index contributed by atoms with van der Waals surface area (Å²) in [5.41, 5.74) is 1.11. The Kier molecular flexibility index (Phi) is 5.26. The van der Waals surface area contributed by atoms with Crippen LogP contribution in [0.2, 0.25) is 5.02 Å². The summed E-state index contributed by atoms with van der Waals surface area (Å²) in [6.45, 7) is 2.34. The molecule has 6 nitrogen and oxygen atoms in total. The number of halogens is 1. The van der Waals surface area contributed by atoms with Gasteiger partial charge in [0.15, 0.2) is 22.9 Å². The fraction of sp³-hybridized carbons (Fsp3) is 0.217. The van der Waals surface area contributed by atoms with E-state index < -0.39 is 23.5 Å². The molecule has 1 N–H and O–H groups in total. The lowest BCUT2D eigenvalue weighted by Crippen LogP contribution is -2.31. The Morgan fingerprint density at radius 2 is 1.97 bits per heavy atom. The summed E-state index contributed by atoms with van der Waals surface area (Å²) >= 11 is 6.11. The van der Waals surface area contributed by atoms with E-state index in [9.17, 15) is 14.7 Å². The molecule has 1 atom stereocenters. The molecule has 3 aromatic rings. The lowest BCUT2D eigenvalue weighted by molar-refractivity contribution is -0.129. The maximum atomic E-state index is 13.4. The Hall–Kier alpha value is -3.25. The summed E-state index contributed by atoms with van der Waals surface area (Å²) < 4.78 is 11.1. The molecule has 154 valence electrons. The van der Waals surface area contributed by atoms with Crippen molar-refractivity contribution in [2.24, 2.45) is 0 Å². The number of aliphatic hydroxyl groups excluding tert-OH is 1. The van der Waals surface area contributed by atoms with Gasteiger partial charge >= 0.3 is 0 Å². The number of carbonyl (C=O) groups is 2. The number of nitrogens with zero attached hydrogens (tertiary/aromatic N) is 1. The molecule has 0 saturated heterocycles. The van der Waals surface area contributed by atoms with E-state index in [-0.39, 0.29) is 11.3 Å². The highest BCUT2D eigenvalue weighted by Gasteiger charge is 2.44. The van der Waals surface area contributed by atoms with Gasteiger partial charge < -0.3 is 19.2 Å². The summed E-state index contributed by atoms with van der Waals surface area (Å²) in [6, 6.07) is 13.3. The number of amides is 1. The van der Waals surface area contributed by atoms with Crippen molar-refractivity contribution in [3.05, 3.63) is 76.2 Å². The van der Waals surface area contributed by atoms with Crippen LogP contribution < -0.4 is 4.74 Å². The lowest BCUT2D eigenvalue weighted by Gasteiger charge is -2.26. The number of fused-ring (bicyclic) bond motifs is 1. The van der Waals surface area contributed by atoms with Gasteiger partial charge in [-0.25, -0.2) is 0 Å². The minimum absolute atomic E-state index is 0.000744. The number of ether oxygens (including phenoxy) is 1. The summed E-state index contributed by atoms with van der Waals surface area (Å²) in [6.07, 6.45) is 0.685. The van der Waals surface area contributed by atoms with Gasteiger partial charge in [-0.1, -0.05) is 48.9 Å². The Morgan fingerprint density at radius 1 is 1.23 bits per heavy atom. The average Bonchev–Trinajstić information content (AvgIpc) is 3.28. The second-order valence-corrected chi connectivity index (χ2v) is 7.48. The number of furan rings is 1. The zero-order valence-electron chi connectivity index (χ0n) is 16.5. The molecule has 0 aliphatic carbocycles. The molecule has 1 amide bonds. The van der Waals surface area contributed by atoms with E-state index in [1.165, 1.54) is 12.0 Å². The highest BCUT2D eigenvalue weighted by Crippen LogP contribution is 2.40. The molecule has 2 heterocycles. The maximum Gasteiger partial charge on any atom is 0.290 e. The van der Waals surface area contributed by atoms with Crippen molar-refractivity contribution in [1.29, 1.82) is 0 Å². The molecule has 0 saturated carbocycles. The van der Waals surface area contributed by atoms with Crippen LogP contribution in [0.3, 0.4) is 0 Å². The number of rotatable bonds is 6. The Bertz CT molecular complexity index is 1170. The highest BCUT2D eigenvalue weighted by atomic mass is 35.5. The minimum atomic E-state index is -0.690. The molecular weight excluding hydrogens is 406 g/mol. The van der Waals surface area contributed by atoms with Gasteiger partial charge in [-0.3, -0.25) is 9.59 Å². The van der Waals surface area contributed by atoms with E-state index in [1.54, 1.807) is 18.2 Å². The number of carbonyl (C=O) groups excluding carboxylic acids is 2. The SMILES string of the molecule is CCCN1C(=O)C(O)=C(C(=O)c2cc3cc(Cl)cc(OC)c3o2)C1c1ccccc1. The molecule has 0 spiro atoms. The van der Waals surface area contributed by atoms with Crippen LogP contribution in [0.15, 0.2) is 64.3 Å². The number of hydrogen-bond donors (Lipinski definition) is 1. The van der Waals surface area contributed by atoms with Crippen molar-refractivity contribution in [1.82, 2.24) is 4.90 Å². The molecule has 7 heteroatoms. The number of methoxy groups -OCH3 is 1. The van der Waals surface area contributed by atoms with Crippen molar-refractivity contribution in [3.63, 3.8) is 0 Å². The molecule has 1 aromatic heterocycles. The summed E-state index contributed by atoms with van der Waals surface area (Å²) in [5, 5.41) is 11.6. The van der Waals surface area contributed by atoms with Crippen molar-refractivity contribution in [2.75, 3.05) is 13.7 Å². The topological polar surface area (TPSA) is 80.0 Å². The van der Waals surface area contributed by atoms with E-state index in [4.69, 9.17) is 20.8 Å². The standard InChI is InChI=1S/C23H20ClNO5/c1-3-9-25-19(13-7-5-4-6-8-13)18(21(27)23(25)28)20(26)16-11-14-10-15(24)12-17(29-2)22(14)30-16/h4-8,10-12,19,27H,3,9H2,1-2H3. The van der Waals surface area contributed by atoms with Crippen LogP contribution in [-0.4, -0.2) is 35.4 Å². The molecule has 30 heavy (non-hydrogen) atoms. The van der Waals surface area contributed by atoms with E-state index in [1.807, 2.05) is 37.3 Å². The highest BCUT2D eigenvalue weighted by molar-refractivity contribution is 6.31. The Morgan fingerprint density at radius 3 is 2.63 bits per heavy atom. The molecular formula is C23H20ClNO5. The largest absolute Gasteiger partial charge is 0.503 e. The van der Waals surface area contributed by atoms with Gasteiger partial charge in [0.05, 0.1) is 18.7 Å². The Balaban J connectivity index is 1.83. The van der Waals surface area contributed by atoms with Gasteiger partial charge in [-0.05, 0) is 24.1 Å². The Labute approximate surface area is 178 Å². The number of aliphatic hydroxyl groups is 1. The van der Waals surface area contributed by atoms with E-state index in [0.29, 0.717) is 34.7 Å². The molecule has 0 fully saturated rings. The lowest BCUT2D eigenvalue weighted by atomic mass is 9.95. The van der Waals surface area contributed by atoms with Crippen LogP contribution in [0.1, 0.15) is 35.5 Å². The van der Waals surface area contributed by atoms with Gasteiger partial charge in [0.2, 0.25) is 5.78 Å². The quantitative estimate of drug-likeness (QED) is 0.557. The zero-order valence-corrected chi connectivity index (χ0v) is 17.3. The average molecular weight is 426 g/mol. The number of ketones is 1. The normalized spacial score (nSPS) is 16.6. The molecule has 4 rings (SSSR count). The zero-order chi connectivity index (χ0) is 21.4. The first-order valence-corrected chi connectivity index (χ1v) is 9.94. The molecule has 2 aromatic carbocycles. The van der Waals surface area contributed by atoms with Crippen molar-refractivity contribution >= 4 is 34.3 Å². The van der Waals surface area contributed by atoms with Crippen LogP contribution in [0.4, 0.5) is 0 Å². The first-order chi connectivity index (χ1) is 14.5. The van der Waals surface area contributed by atoms with Gasteiger partial charge in [0.1, 0.15) is 0 Å². The smallest absolute Gasteiger partial charge is 0.290 e. The van der Waals surface area contributed by atoms with Gasteiger partial charge in [0, 0.05) is 23.0 Å². The monoisotopic (exact) mass is 425 g/mol. The van der Waals surface area contributed by atoms with E-state index in [2.05, 4.69) is 0 Å². The summed E-state index contributed by atoms with van der Waals surface area (Å²) in [5.74, 6) is -1.27. The number of benzene rings is 2. The first-order valence-electron chi connectivity index (χ1n) is 9.57. The van der Waals surface area contributed by atoms with E-state index >= 15 is 0 Å². The maximum absolute atomic E-state index is 13.4. The van der Waals surface area contributed by atoms with Gasteiger partial charge in [-0.15, -0.1) is 0 Å². The van der Waals surface area contributed by atoms with Crippen LogP contribution in [0.5, 0.6) is 5.75 Å². The molecule has 0 bridgehead atoms.